The summed E-state index contributed by atoms with van der Waals surface area (Å²) in [6, 6.07) is 13.8. The van der Waals surface area contributed by atoms with Gasteiger partial charge in [-0.3, -0.25) is 4.90 Å². The van der Waals surface area contributed by atoms with Crippen molar-refractivity contribution >= 4 is 12.4 Å². The van der Waals surface area contributed by atoms with Gasteiger partial charge >= 0.3 is 0 Å². The van der Waals surface area contributed by atoms with Crippen molar-refractivity contribution in [3.8, 4) is 0 Å². The number of hydrogen-bond donors (Lipinski definition) is 0. The van der Waals surface area contributed by atoms with Crippen LogP contribution in [-0.4, -0.2) is 43.9 Å². The van der Waals surface area contributed by atoms with Gasteiger partial charge in [0, 0.05) is 25.6 Å². The van der Waals surface area contributed by atoms with Crippen LogP contribution in [0.25, 0.3) is 0 Å². The molecule has 0 aromatic heterocycles. The van der Waals surface area contributed by atoms with Gasteiger partial charge in [-0.15, -0.1) is 12.4 Å². The van der Waals surface area contributed by atoms with E-state index in [0.717, 1.165) is 51.3 Å². The van der Waals surface area contributed by atoms with Crippen molar-refractivity contribution in [2.24, 2.45) is 0 Å². The van der Waals surface area contributed by atoms with E-state index >= 15 is 0 Å². The van der Waals surface area contributed by atoms with Gasteiger partial charge < -0.3 is 9.47 Å². The molecule has 0 radical (unpaired) electrons. The molecule has 1 aliphatic carbocycles. The first kappa shape index (κ1) is 18.9. The molecule has 3 atom stereocenters. The minimum absolute atomic E-state index is 0. The summed E-state index contributed by atoms with van der Waals surface area (Å²) in [7, 11) is 0. The first-order valence-electron chi connectivity index (χ1n) is 9.59. The lowest BCUT2D eigenvalue weighted by Gasteiger charge is -2.29. The Balaban J connectivity index is 0.00000180. The van der Waals surface area contributed by atoms with Crippen molar-refractivity contribution in [2.75, 3.05) is 32.8 Å². The lowest BCUT2D eigenvalue weighted by atomic mass is 9.87. The standard InChI is InChI=1S/C22H24FNO2.ClH/c23-17-6-5-16-11-15-3-1-2-4-19(15)21-13-18(26-22(21)20(16)12-17)14-24-7-9-25-10-8-24;/h1-6,12,18,21-22H,7-11,13-14H2;1H/t18-,21-,22-;/m0./s1. The van der Waals surface area contributed by atoms with E-state index in [1.165, 1.54) is 16.7 Å². The molecule has 0 unspecified atom stereocenters. The molecule has 5 heteroatoms. The van der Waals surface area contributed by atoms with Crippen molar-refractivity contribution in [2.45, 2.75) is 31.0 Å². The third-order valence-electron chi connectivity index (χ3n) is 6.04. The summed E-state index contributed by atoms with van der Waals surface area (Å²) in [5, 5.41) is 0. The van der Waals surface area contributed by atoms with E-state index in [1.807, 2.05) is 6.07 Å². The summed E-state index contributed by atoms with van der Waals surface area (Å²) in [4.78, 5) is 2.43. The van der Waals surface area contributed by atoms with Gasteiger partial charge in [-0.2, -0.15) is 0 Å². The van der Waals surface area contributed by atoms with E-state index in [2.05, 4.69) is 29.2 Å². The molecule has 3 aliphatic rings. The minimum atomic E-state index is -0.173. The van der Waals surface area contributed by atoms with Crippen LogP contribution in [0, 0.1) is 5.82 Å². The zero-order valence-electron chi connectivity index (χ0n) is 15.3. The van der Waals surface area contributed by atoms with E-state index in [1.54, 1.807) is 12.1 Å². The molecular weight excluding hydrogens is 365 g/mol. The Bertz CT molecular complexity index is 809. The zero-order valence-corrected chi connectivity index (χ0v) is 16.1. The first-order valence-corrected chi connectivity index (χ1v) is 9.59. The summed E-state index contributed by atoms with van der Waals surface area (Å²) in [6.45, 7) is 4.48. The van der Waals surface area contributed by atoms with Crippen LogP contribution in [0.5, 0.6) is 0 Å². The van der Waals surface area contributed by atoms with Gasteiger partial charge in [-0.25, -0.2) is 4.39 Å². The second kappa shape index (κ2) is 7.88. The van der Waals surface area contributed by atoms with Crippen LogP contribution in [0.3, 0.4) is 0 Å². The van der Waals surface area contributed by atoms with E-state index in [0.29, 0.717) is 5.92 Å². The quantitative estimate of drug-likeness (QED) is 0.772. The fraction of sp³-hybridized carbons (Fsp3) is 0.455. The molecule has 3 nitrogen and oxygen atoms in total. The molecule has 27 heavy (non-hydrogen) atoms. The molecule has 2 aromatic carbocycles. The third-order valence-corrected chi connectivity index (χ3v) is 6.04. The van der Waals surface area contributed by atoms with Crippen LogP contribution in [-0.2, 0) is 15.9 Å². The van der Waals surface area contributed by atoms with E-state index in [4.69, 9.17) is 9.47 Å². The third kappa shape index (κ3) is 3.64. The molecule has 0 bridgehead atoms. The number of hydrogen-bond acceptors (Lipinski definition) is 3. The fourth-order valence-corrected chi connectivity index (χ4v) is 4.79. The normalized spacial score (nSPS) is 27.1. The highest BCUT2D eigenvalue weighted by molar-refractivity contribution is 5.85. The molecule has 2 saturated heterocycles. The first-order chi connectivity index (χ1) is 12.8. The highest BCUT2D eigenvalue weighted by atomic mass is 35.5. The number of halogens is 2. The van der Waals surface area contributed by atoms with Crippen LogP contribution >= 0.6 is 12.4 Å². The lowest BCUT2D eigenvalue weighted by molar-refractivity contribution is -0.0130. The topological polar surface area (TPSA) is 21.7 Å². The van der Waals surface area contributed by atoms with Gasteiger partial charge in [0.05, 0.1) is 25.4 Å². The molecule has 0 saturated carbocycles. The Morgan fingerprint density at radius 1 is 1.00 bits per heavy atom. The zero-order chi connectivity index (χ0) is 17.5. The van der Waals surface area contributed by atoms with Gasteiger partial charge in [-0.1, -0.05) is 30.3 Å². The number of ether oxygens (including phenoxy) is 2. The Kier molecular flexibility index (Phi) is 5.51. The molecule has 0 amide bonds. The van der Waals surface area contributed by atoms with Crippen LogP contribution in [0.4, 0.5) is 4.39 Å². The van der Waals surface area contributed by atoms with Crippen LogP contribution in [0.15, 0.2) is 42.5 Å². The average molecular weight is 390 g/mol. The fourth-order valence-electron chi connectivity index (χ4n) is 4.79. The molecule has 2 aliphatic heterocycles. The van der Waals surface area contributed by atoms with Crippen LogP contribution < -0.4 is 0 Å². The van der Waals surface area contributed by atoms with Crippen LogP contribution in [0.1, 0.15) is 40.7 Å². The SMILES string of the molecule is Cl.Fc1ccc2c(c1)[C@@H]1O[C@H](CN3CCOCC3)C[C@H]1c1ccccc1C2. The maximum absolute atomic E-state index is 14.0. The number of fused-ring (bicyclic) bond motifs is 5. The predicted molar refractivity (Wildman–Crippen MR) is 105 cm³/mol. The lowest BCUT2D eigenvalue weighted by Crippen LogP contribution is -2.40. The molecule has 5 rings (SSSR count). The predicted octanol–water partition coefficient (Wildman–Crippen LogP) is 4.10. The van der Waals surface area contributed by atoms with Gasteiger partial charge in [0.25, 0.3) is 0 Å². The summed E-state index contributed by atoms with van der Waals surface area (Å²) in [5.74, 6) is 0.133. The summed E-state index contributed by atoms with van der Waals surface area (Å²) < 4.78 is 26.0. The highest BCUT2D eigenvalue weighted by Gasteiger charge is 2.41. The van der Waals surface area contributed by atoms with Crippen molar-refractivity contribution in [1.82, 2.24) is 4.90 Å². The number of benzene rings is 2. The number of nitrogens with zero attached hydrogens (tertiary/aromatic N) is 1. The van der Waals surface area contributed by atoms with E-state index < -0.39 is 0 Å². The van der Waals surface area contributed by atoms with Crippen LogP contribution in [0.2, 0.25) is 0 Å². The molecule has 2 aromatic rings. The number of morpholine rings is 1. The van der Waals surface area contributed by atoms with Crippen molar-refractivity contribution in [1.29, 1.82) is 0 Å². The minimum Gasteiger partial charge on any atom is -0.379 e. The number of rotatable bonds is 2. The maximum Gasteiger partial charge on any atom is 0.123 e. The Hall–Kier alpha value is -1.46. The van der Waals surface area contributed by atoms with Gasteiger partial charge in [-0.05, 0) is 47.2 Å². The van der Waals surface area contributed by atoms with E-state index in [9.17, 15) is 4.39 Å². The smallest absolute Gasteiger partial charge is 0.123 e. The van der Waals surface area contributed by atoms with Crippen molar-refractivity contribution in [3.63, 3.8) is 0 Å². The van der Waals surface area contributed by atoms with E-state index in [-0.39, 0.29) is 30.4 Å². The monoisotopic (exact) mass is 389 g/mol. The molecule has 144 valence electrons. The average Bonchev–Trinajstić information content (AvgIpc) is 3.03. The second-order valence-electron chi connectivity index (χ2n) is 7.65. The van der Waals surface area contributed by atoms with Crippen molar-refractivity contribution in [3.05, 3.63) is 70.5 Å². The van der Waals surface area contributed by atoms with Gasteiger partial charge in [0.15, 0.2) is 0 Å². The summed E-state index contributed by atoms with van der Waals surface area (Å²) >= 11 is 0. The van der Waals surface area contributed by atoms with Gasteiger partial charge in [0.2, 0.25) is 0 Å². The summed E-state index contributed by atoms with van der Waals surface area (Å²) in [6.07, 6.45) is 1.99. The second-order valence-corrected chi connectivity index (χ2v) is 7.65. The molecule has 0 spiro atoms. The Labute approximate surface area is 165 Å². The molecule has 0 N–H and O–H groups in total. The maximum atomic E-state index is 14.0. The molecule has 2 fully saturated rings. The Morgan fingerprint density at radius 3 is 2.63 bits per heavy atom. The Morgan fingerprint density at radius 2 is 1.78 bits per heavy atom. The summed E-state index contributed by atoms with van der Waals surface area (Å²) in [5.41, 5.74) is 4.95. The van der Waals surface area contributed by atoms with Gasteiger partial charge in [0.1, 0.15) is 5.82 Å². The van der Waals surface area contributed by atoms with Crippen molar-refractivity contribution < 1.29 is 13.9 Å². The highest BCUT2D eigenvalue weighted by Crippen LogP contribution is 2.49. The largest absolute Gasteiger partial charge is 0.379 e. The molecule has 2 heterocycles. The molecular formula is C22H25ClFNO2.